The number of amides is 4. The van der Waals surface area contributed by atoms with Gasteiger partial charge in [0.05, 0.1) is 33.3 Å². The zero-order valence-electron chi connectivity index (χ0n) is 18.1. The highest BCUT2D eigenvalue weighted by atomic mass is 16.5. The number of methoxy groups -OCH3 is 1. The molecule has 1 aromatic carbocycles. The minimum atomic E-state index is -1.11. The van der Waals surface area contributed by atoms with Crippen molar-refractivity contribution < 1.29 is 33.7 Å². The Morgan fingerprint density at radius 1 is 1.34 bits per heavy atom. The van der Waals surface area contributed by atoms with Crippen LogP contribution in [-0.4, -0.2) is 91.5 Å². The van der Waals surface area contributed by atoms with Crippen molar-refractivity contribution in [3.8, 4) is 11.5 Å². The number of β-amino-alcohol motifs (C(OH)–C–C–N with tert-alkyl or cyclic N) is 1. The molecule has 2 fully saturated rings. The average molecular weight is 447 g/mol. The van der Waals surface area contributed by atoms with Gasteiger partial charge in [0.15, 0.2) is 11.5 Å². The lowest BCUT2D eigenvalue weighted by molar-refractivity contribution is -0.138. The normalized spacial score (nSPS) is 19.5. The van der Waals surface area contributed by atoms with Gasteiger partial charge in [0.25, 0.3) is 5.91 Å². The van der Waals surface area contributed by atoms with Crippen LogP contribution in [0.2, 0.25) is 0 Å². The largest absolute Gasteiger partial charge is 0.493 e. The van der Waals surface area contributed by atoms with Crippen molar-refractivity contribution in [3.05, 3.63) is 36.4 Å². The molecule has 0 bridgehead atoms. The van der Waals surface area contributed by atoms with Crippen LogP contribution in [0, 0.1) is 0 Å². The molecule has 0 spiro atoms. The first-order valence-electron chi connectivity index (χ1n) is 10.5. The van der Waals surface area contributed by atoms with Gasteiger partial charge in [-0.3, -0.25) is 14.5 Å². The summed E-state index contributed by atoms with van der Waals surface area (Å²) in [7, 11) is 1.52. The lowest BCUT2D eigenvalue weighted by Gasteiger charge is -2.27. The van der Waals surface area contributed by atoms with Gasteiger partial charge < -0.3 is 29.5 Å². The molecule has 174 valence electrons. The summed E-state index contributed by atoms with van der Waals surface area (Å²) < 4.78 is 16.2. The molecule has 10 heteroatoms. The van der Waals surface area contributed by atoms with E-state index in [4.69, 9.17) is 14.2 Å². The van der Waals surface area contributed by atoms with Gasteiger partial charge in [-0.05, 0) is 24.1 Å². The molecule has 0 aromatic heterocycles. The van der Waals surface area contributed by atoms with E-state index in [1.54, 1.807) is 17.0 Å². The first-order chi connectivity index (χ1) is 15.4. The summed E-state index contributed by atoms with van der Waals surface area (Å²) in [5, 5.41) is 12.9. The number of morpholine rings is 1. The molecule has 10 nitrogen and oxygen atoms in total. The van der Waals surface area contributed by atoms with Gasteiger partial charge in [0, 0.05) is 13.1 Å². The Morgan fingerprint density at radius 3 is 2.78 bits per heavy atom. The Bertz CT molecular complexity index is 854. The Kier molecular flexibility index (Phi) is 8.07. The quantitative estimate of drug-likeness (QED) is 0.392. The molecule has 2 aliphatic rings. The number of nitrogens with zero attached hydrogens (tertiary/aromatic N) is 2. The number of benzene rings is 1. The second-order valence-electron chi connectivity index (χ2n) is 7.59. The summed E-state index contributed by atoms with van der Waals surface area (Å²) in [5.74, 6) is 0.186. The summed E-state index contributed by atoms with van der Waals surface area (Å²) in [6, 6.07) is 3.82. The summed E-state index contributed by atoms with van der Waals surface area (Å²) in [5.41, 5.74) is 1.00. The Morgan fingerprint density at radius 2 is 2.09 bits per heavy atom. The van der Waals surface area contributed by atoms with E-state index in [1.165, 1.54) is 7.11 Å². The topological polar surface area (TPSA) is 118 Å². The maximum absolute atomic E-state index is 12.6. The maximum atomic E-state index is 12.6. The summed E-state index contributed by atoms with van der Waals surface area (Å²) >= 11 is 0. The molecule has 4 amide bonds. The number of carbonyl (C=O) groups excluding carboxylic acids is 3. The number of ether oxygens (including phenoxy) is 3. The zero-order chi connectivity index (χ0) is 23.1. The Hall–Kier alpha value is -3.11. The van der Waals surface area contributed by atoms with Crippen LogP contribution >= 0.6 is 0 Å². The van der Waals surface area contributed by atoms with E-state index in [2.05, 4.69) is 11.9 Å². The number of rotatable bonds is 10. The second kappa shape index (κ2) is 11.0. The van der Waals surface area contributed by atoms with Crippen LogP contribution in [0.3, 0.4) is 0 Å². The van der Waals surface area contributed by atoms with Crippen molar-refractivity contribution >= 4 is 17.8 Å². The monoisotopic (exact) mass is 447 g/mol. The van der Waals surface area contributed by atoms with Crippen LogP contribution in [0.4, 0.5) is 4.79 Å². The number of aliphatic hydroxyl groups is 1. The van der Waals surface area contributed by atoms with E-state index in [0.29, 0.717) is 44.2 Å². The summed E-state index contributed by atoms with van der Waals surface area (Å²) in [6.07, 6.45) is 1.22. The molecule has 2 heterocycles. The predicted molar refractivity (Wildman–Crippen MR) is 114 cm³/mol. The zero-order valence-corrected chi connectivity index (χ0v) is 18.1. The van der Waals surface area contributed by atoms with Gasteiger partial charge in [-0.15, -0.1) is 6.58 Å². The van der Waals surface area contributed by atoms with Crippen LogP contribution < -0.4 is 14.8 Å². The van der Waals surface area contributed by atoms with E-state index in [-0.39, 0.29) is 25.5 Å². The fourth-order valence-corrected chi connectivity index (χ4v) is 3.58. The first kappa shape index (κ1) is 23.6. The second-order valence-corrected chi connectivity index (χ2v) is 7.59. The average Bonchev–Trinajstić information content (AvgIpc) is 3.06. The lowest BCUT2D eigenvalue weighted by Crippen LogP contribution is -2.44. The van der Waals surface area contributed by atoms with Gasteiger partial charge in [-0.25, -0.2) is 4.79 Å². The third kappa shape index (κ3) is 5.77. The minimum Gasteiger partial charge on any atom is -0.493 e. The molecular formula is C22H29N3O7. The standard InChI is InChI=1S/C22H29N3O7/c1-3-4-15-5-6-18(19(11-15)30-2)32-14-16(26)13-25-21(28)17(23-22(25)29)12-20(27)24-7-9-31-10-8-24/h3,5-6,11,16-17,26H,1,4,7-10,12-14H2,2H3,(H,23,29). The smallest absolute Gasteiger partial charge is 0.324 e. The van der Waals surface area contributed by atoms with Crippen molar-refractivity contribution in [1.82, 2.24) is 15.1 Å². The predicted octanol–water partition coefficient (Wildman–Crippen LogP) is 0.333. The lowest BCUT2D eigenvalue weighted by atomic mass is 10.1. The first-order valence-corrected chi connectivity index (χ1v) is 10.5. The molecule has 0 radical (unpaired) electrons. The molecular weight excluding hydrogens is 418 g/mol. The molecule has 3 rings (SSSR count). The molecule has 2 atom stereocenters. The molecule has 0 saturated carbocycles. The van der Waals surface area contributed by atoms with Crippen LogP contribution in [0.15, 0.2) is 30.9 Å². The molecule has 0 aliphatic carbocycles. The molecule has 2 aliphatic heterocycles. The van der Waals surface area contributed by atoms with Gasteiger partial charge in [0.1, 0.15) is 18.8 Å². The number of carbonyl (C=O) groups is 3. The van der Waals surface area contributed by atoms with Crippen molar-refractivity contribution in [2.45, 2.75) is 25.0 Å². The van der Waals surface area contributed by atoms with Crippen molar-refractivity contribution in [3.63, 3.8) is 0 Å². The van der Waals surface area contributed by atoms with Crippen molar-refractivity contribution in [2.75, 3.05) is 46.6 Å². The molecule has 1 aromatic rings. The molecule has 2 saturated heterocycles. The third-order valence-electron chi connectivity index (χ3n) is 5.28. The maximum Gasteiger partial charge on any atom is 0.324 e. The molecule has 32 heavy (non-hydrogen) atoms. The number of allylic oxidation sites excluding steroid dienone is 1. The van der Waals surface area contributed by atoms with Crippen LogP contribution in [-0.2, 0) is 20.7 Å². The van der Waals surface area contributed by atoms with E-state index in [9.17, 15) is 19.5 Å². The van der Waals surface area contributed by atoms with Crippen LogP contribution in [0.5, 0.6) is 11.5 Å². The number of hydrogen-bond acceptors (Lipinski definition) is 7. The Labute approximate surface area is 186 Å². The number of imide groups is 1. The number of hydrogen-bond donors (Lipinski definition) is 2. The van der Waals surface area contributed by atoms with Gasteiger partial charge in [-0.1, -0.05) is 12.1 Å². The van der Waals surface area contributed by atoms with Crippen LogP contribution in [0.25, 0.3) is 0 Å². The van der Waals surface area contributed by atoms with Gasteiger partial charge in [0.2, 0.25) is 5.91 Å². The summed E-state index contributed by atoms with van der Waals surface area (Å²) in [6.45, 7) is 5.15. The fourth-order valence-electron chi connectivity index (χ4n) is 3.58. The van der Waals surface area contributed by atoms with Crippen molar-refractivity contribution in [1.29, 1.82) is 0 Å². The molecule has 2 N–H and O–H groups in total. The Balaban J connectivity index is 1.52. The number of aliphatic hydroxyl groups excluding tert-OH is 1. The summed E-state index contributed by atoms with van der Waals surface area (Å²) in [4.78, 5) is 39.7. The number of nitrogens with one attached hydrogen (secondary N) is 1. The highest BCUT2D eigenvalue weighted by Gasteiger charge is 2.40. The molecule has 2 unspecified atom stereocenters. The van der Waals surface area contributed by atoms with E-state index in [1.807, 2.05) is 12.1 Å². The van der Waals surface area contributed by atoms with Crippen LogP contribution in [0.1, 0.15) is 12.0 Å². The highest BCUT2D eigenvalue weighted by molar-refractivity contribution is 6.05. The third-order valence-corrected chi connectivity index (χ3v) is 5.28. The van der Waals surface area contributed by atoms with Crippen molar-refractivity contribution in [2.24, 2.45) is 0 Å². The number of urea groups is 1. The van der Waals surface area contributed by atoms with E-state index in [0.717, 1.165) is 10.5 Å². The SMILES string of the molecule is C=CCc1ccc(OCC(O)CN2C(=O)NC(CC(=O)N3CCOCC3)C2=O)c(OC)c1. The van der Waals surface area contributed by atoms with Gasteiger partial charge in [-0.2, -0.15) is 0 Å². The van der Waals surface area contributed by atoms with Gasteiger partial charge >= 0.3 is 6.03 Å². The van der Waals surface area contributed by atoms with E-state index < -0.39 is 24.1 Å². The minimum absolute atomic E-state index is 0.123. The fraction of sp³-hybridized carbons (Fsp3) is 0.500. The highest BCUT2D eigenvalue weighted by Crippen LogP contribution is 2.28. The van der Waals surface area contributed by atoms with E-state index >= 15 is 0 Å².